The van der Waals surface area contributed by atoms with Crippen molar-refractivity contribution in [1.29, 1.82) is 0 Å². The fourth-order valence-electron chi connectivity index (χ4n) is 4.47. The minimum absolute atomic E-state index is 0.0124. The van der Waals surface area contributed by atoms with E-state index in [2.05, 4.69) is 21.3 Å². The monoisotopic (exact) mass is 512 g/mol. The van der Waals surface area contributed by atoms with E-state index in [1.165, 1.54) is 25.2 Å². The first kappa shape index (κ1) is 26.5. The third-order valence-electron chi connectivity index (χ3n) is 6.30. The largest absolute Gasteiger partial charge is 0.353 e. The summed E-state index contributed by atoms with van der Waals surface area (Å²) in [6.07, 6.45) is 0.120. The maximum Gasteiger partial charge on any atom is 0.289 e. The Bertz CT molecular complexity index is 1050. The molecule has 4 N–H and O–H groups in total. The Morgan fingerprint density at radius 1 is 1.26 bits per heavy atom. The molecule has 0 aromatic heterocycles. The van der Waals surface area contributed by atoms with E-state index < -0.39 is 53.7 Å². The number of halogens is 3. The summed E-state index contributed by atoms with van der Waals surface area (Å²) in [6, 6.07) is 2.42. The molecule has 4 amide bonds. The van der Waals surface area contributed by atoms with Gasteiger partial charge in [-0.05, 0) is 50.8 Å². The molecule has 190 valence electrons. The van der Waals surface area contributed by atoms with Crippen molar-refractivity contribution in [2.24, 2.45) is 11.8 Å². The molecule has 1 saturated carbocycles. The van der Waals surface area contributed by atoms with Crippen molar-refractivity contribution in [3.05, 3.63) is 28.8 Å². The number of ketones is 1. The van der Waals surface area contributed by atoms with Crippen LogP contribution in [-0.4, -0.2) is 54.5 Å². The molecule has 12 heteroatoms. The fraction of sp³-hybridized carbons (Fsp3) is 0.522. The summed E-state index contributed by atoms with van der Waals surface area (Å²) >= 11 is 6.02. The van der Waals surface area contributed by atoms with Crippen LogP contribution < -0.4 is 21.3 Å². The maximum absolute atomic E-state index is 14.0. The van der Waals surface area contributed by atoms with Gasteiger partial charge in [-0.15, -0.1) is 0 Å². The van der Waals surface area contributed by atoms with Crippen molar-refractivity contribution in [3.8, 4) is 0 Å². The number of carbonyl (C=O) groups excluding carboxylic acids is 5. The van der Waals surface area contributed by atoms with Gasteiger partial charge in [-0.3, -0.25) is 24.0 Å². The summed E-state index contributed by atoms with van der Waals surface area (Å²) in [5.41, 5.74) is -0.246. The van der Waals surface area contributed by atoms with Gasteiger partial charge in [-0.25, -0.2) is 8.78 Å². The van der Waals surface area contributed by atoms with Crippen LogP contribution in [0.5, 0.6) is 0 Å². The van der Waals surface area contributed by atoms with E-state index in [0.717, 1.165) is 0 Å². The number of amides is 4. The predicted octanol–water partition coefficient (Wildman–Crippen LogP) is 2.04. The van der Waals surface area contributed by atoms with Gasteiger partial charge >= 0.3 is 0 Å². The van der Waals surface area contributed by atoms with Crippen LogP contribution in [0.1, 0.15) is 49.4 Å². The van der Waals surface area contributed by atoms with Crippen LogP contribution in [0.15, 0.2) is 18.2 Å². The molecular formula is C23H27ClF2N4O5. The van der Waals surface area contributed by atoms with E-state index in [1.54, 1.807) is 6.92 Å². The lowest BCUT2D eigenvalue weighted by Crippen LogP contribution is -2.48. The van der Waals surface area contributed by atoms with Crippen LogP contribution in [0.3, 0.4) is 0 Å². The van der Waals surface area contributed by atoms with Gasteiger partial charge in [-0.2, -0.15) is 0 Å². The molecule has 0 radical (unpaired) electrons. The molecule has 0 bridgehead atoms. The summed E-state index contributed by atoms with van der Waals surface area (Å²) in [4.78, 5) is 62.5. The zero-order chi connectivity index (χ0) is 25.9. The third-order valence-corrected chi connectivity index (χ3v) is 6.54. The first-order chi connectivity index (χ1) is 16.4. The van der Waals surface area contributed by atoms with Gasteiger partial charge in [0.2, 0.25) is 17.6 Å². The summed E-state index contributed by atoms with van der Waals surface area (Å²) < 4.78 is 28.1. The lowest BCUT2D eigenvalue weighted by atomic mass is 9.93. The summed E-state index contributed by atoms with van der Waals surface area (Å²) in [7, 11) is 1.26. The van der Waals surface area contributed by atoms with Crippen molar-refractivity contribution in [3.63, 3.8) is 0 Å². The molecule has 3 rings (SSSR count). The molecule has 2 fully saturated rings. The Kier molecular flexibility index (Phi) is 8.09. The Morgan fingerprint density at radius 3 is 2.54 bits per heavy atom. The van der Waals surface area contributed by atoms with Crippen LogP contribution in [0, 0.1) is 11.8 Å². The predicted molar refractivity (Wildman–Crippen MR) is 123 cm³/mol. The zero-order valence-corrected chi connectivity index (χ0v) is 20.0. The van der Waals surface area contributed by atoms with E-state index in [-0.39, 0.29) is 47.5 Å². The third kappa shape index (κ3) is 6.14. The summed E-state index contributed by atoms with van der Waals surface area (Å²) in [5, 5.41) is 9.86. The maximum atomic E-state index is 14.0. The number of carbonyl (C=O) groups is 5. The average molecular weight is 513 g/mol. The van der Waals surface area contributed by atoms with Gasteiger partial charge < -0.3 is 21.3 Å². The van der Waals surface area contributed by atoms with Crippen LogP contribution in [0.4, 0.5) is 14.5 Å². The molecule has 2 unspecified atom stereocenters. The second-order valence-electron chi connectivity index (χ2n) is 8.93. The van der Waals surface area contributed by atoms with Gasteiger partial charge in [0.15, 0.2) is 0 Å². The molecular weight excluding hydrogens is 486 g/mol. The van der Waals surface area contributed by atoms with E-state index in [9.17, 15) is 32.8 Å². The van der Waals surface area contributed by atoms with Crippen molar-refractivity contribution in [1.82, 2.24) is 16.0 Å². The molecule has 1 aromatic rings. The summed E-state index contributed by atoms with van der Waals surface area (Å²) in [6.45, 7) is 1.79. The first-order valence-corrected chi connectivity index (χ1v) is 11.7. The number of rotatable bonds is 8. The van der Waals surface area contributed by atoms with Crippen LogP contribution in [0.2, 0.25) is 5.02 Å². The quantitative estimate of drug-likeness (QED) is 0.396. The fourth-order valence-corrected chi connectivity index (χ4v) is 4.65. The van der Waals surface area contributed by atoms with E-state index in [1.807, 2.05) is 0 Å². The van der Waals surface area contributed by atoms with Crippen molar-refractivity contribution < 1.29 is 32.8 Å². The Morgan fingerprint density at radius 2 is 1.97 bits per heavy atom. The summed E-state index contributed by atoms with van der Waals surface area (Å²) in [5.74, 6) is -9.28. The number of Topliss-reactive ketones (excluding diaryl/α,β-unsaturated/α-hetero) is 1. The molecule has 0 spiro atoms. The van der Waals surface area contributed by atoms with Crippen LogP contribution >= 0.6 is 11.6 Å². The van der Waals surface area contributed by atoms with E-state index in [0.29, 0.717) is 6.42 Å². The molecule has 1 heterocycles. The second kappa shape index (κ2) is 10.7. The number of nitrogens with one attached hydrogen (secondary N) is 4. The number of hydrogen-bond donors (Lipinski definition) is 4. The smallest absolute Gasteiger partial charge is 0.289 e. The molecule has 2 aliphatic rings. The molecule has 1 aliphatic heterocycles. The molecule has 4 atom stereocenters. The van der Waals surface area contributed by atoms with Crippen molar-refractivity contribution in [2.75, 3.05) is 12.4 Å². The highest BCUT2D eigenvalue weighted by molar-refractivity contribution is 6.38. The van der Waals surface area contributed by atoms with Gasteiger partial charge in [-0.1, -0.05) is 11.6 Å². The average Bonchev–Trinajstić information content (AvgIpc) is 3.32. The van der Waals surface area contributed by atoms with Crippen molar-refractivity contribution in [2.45, 2.75) is 57.0 Å². The minimum atomic E-state index is -3.15. The number of alkyl halides is 2. The zero-order valence-electron chi connectivity index (χ0n) is 19.3. The van der Waals surface area contributed by atoms with Gasteiger partial charge in [0, 0.05) is 30.5 Å². The number of benzene rings is 1. The van der Waals surface area contributed by atoms with Gasteiger partial charge in [0.05, 0.1) is 17.3 Å². The Balaban J connectivity index is 1.83. The molecule has 1 saturated heterocycles. The SMILES string of the molecule is CNC(=O)C(=O)C(C[C@@H]1C[C@@H](C)NC1=O)NC(=O)c1cc(Cl)ccc1NC(=O)C1CCCC1(F)F. The van der Waals surface area contributed by atoms with Crippen LogP contribution in [0.25, 0.3) is 0 Å². The highest BCUT2D eigenvalue weighted by Gasteiger charge is 2.48. The van der Waals surface area contributed by atoms with Crippen molar-refractivity contribution >= 4 is 46.7 Å². The topological polar surface area (TPSA) is 133 Å². The molecule has 1 aromatic carbocycles. The van der Waals surface area contributed by atoms with Gasteiger partial charge in [0.25, 0.3) is 17.7 Å². The Hall–Kier alpha value is -3.08. The number of anilines is 1. The molecule has 9 nitrogen and oxygen atoms in total. The second-order valence-corrected chi connectivity index (χ2v) is 9.37. The lowest BCUT2D eigenvalue weighted by Gasteiger charge is -2.22. The lowest BCUT2D eigenvalue weighted by molar-refractivity contribution is -0.139. The van der Waals surface area contributed by atoms with E-state index in [4.69, 9.17) is 11.6 Å². The number of hydrogen-bond acceptors (Lipinski definition) is 5. The van der Waals surface area contributed by atoms with Gasteiger partial charge in [0.1, 0.15) is 5.92 Å². The Labute approximate surface area is 205 Å². The number of likely N-dealkylation sites (N-methyl/N-ethyl adjacent to an activating group) is 1. The normalized spacial score (nSPS) is 23.8. The van der Waals surface area contributed by atoms with Crippen LogP contribution in [-0.2, 0) is 19.2 Å². The highest BCUT2D eigenvalue weighted by atomic mass is 35.5. The molecule has 35 heavy (non-hydrogen) atoms. The minimum Gasteiger partial charge on any atom is -0.353 e. The standard InChI is InChI=1S/C23H27ClF2N4O5/c1-11-8-12(19(32)28-11)9-17(18(31)22(35)27-2)30-20(33)14-10-13(24)5-6-16(14)29-21(34)15-4-3-7-23(15,25)26/h5-6,10-12,15,17H,3-4,7-9H2,1-2H3,(H,27,35)(H,28,32)(H,29,34)(H,30,33)/t11-,12+,15?,17?/m1/s1. The molecule has 1 aliphatic carbocycles. The van der Waals surface area contributed by atoms with E-state index >= 15 is 0 Å². The first-order valence-electron chi connectivity index (χ1n) is 11.3. The highest BCUT2D eigenvalue weighted by Crippen LogP contribution is 2.41.